The summed E-state index contributed by atoms with van der Waals surface area (Å²) in [5.41, 5.74) is 6.89. The van der Waals surface area contributed by atoms with Crippen molar-refractivity contribution in [3.05, 3.63) is 52.3 Å². The molecule has 0 saturated carbocycles. The quantitative estimate of drug-likeness (QED) is 0.842. The first-order chi connectivity index (χ1) is 9.52. The molecule has 1 amide bonds. The monoisotopic (exact) mass is 338 g/mol. The van der Waals surface area contributed by atoms with Crippen LogP contribution in [0, 0.1) is 5.82 Å². The number of amides is 1. The number of carbonyl (C=O) groups excluding carboxylic acids is 1. The normalized spacial score (nSPS) is 10.2. The highest BCUT2D eigenvalue weighted by Gasteiger charge is 2.15. The van der Waals surface area contributed by atoms with Crippen molar-refractivity contribution in [3.8, 4) is 5.75 Å². The van der Waals surface area contributed by atoms with Gasteiger partial charge in [0.25, 0.3) is 5.91 Å². The molecule has 0 heterocycles. The number of hydrogen-bond donors (Lipinski definition) is 2. The second-order valence-electron chi connectivity index (χ2n) is 4.01. The average Bonchev–Trinajstić information content (AvgIpc) is 2.41. The third kappa shape index (κ3) is 2.91. The molecule has 0 spiro atoms. The van der Waals surface area contributed by atoms with Gasteiger partial charge < -0.3 is 15.8 Å². The first kappa shape index (κ1) is 14.3. The average molecular weight is 339 g/mol. The summed E-state index contributed by atoms with van der Waals surface area (Å²) in [4.78, 5) is 12.2. The summed E-state index contributed by atoms with van der Waals surface area (Å²) in [6, 6.07) is 8.90. The van der Waals surface area contributed by atoms with E-state index in [-0.39, 0.29) is 5.91 Å². The van der Waals surface area contributed by atoms with Gasteiger partial charge in [-0.05, 0) is 46.3 Å². The van der Waals surface area contributed by atoms with E-state index in [4.69, 9.17) is 10.5 Å². The van der Waals surface area contributed by atoms with Crippen LogP contribution >= 0.6 is 15.9 Å². The Morgan fingerprint density at radius 1 is 1.35 bits per heavy atom. The SMILES string of the molecule is COc1c(N)cccc1C(=O)Nc1ccc(F)cc1Br. The molecule has 104 valence electrons. The van der Waals surface area contributed by atoms with Crippen molar-refractivity contribution in [2.24, 2.45) is 0 Å². The zero-order chi connectivity index (χ0) is 14.7. The van der Waals surface area contributed by atoms with Gasteiger partial charge in [-0.3, -0.25) is 4.79 Å². The molecule has 0 unspecified atom stereocenters. The van der Waals surface area contributed by atoms with Crippen LogP contribution in [0.25, 0.3) is 0 Å². The summed E-state index contributed by atoms with van der Waals surface area (Å²) >= 11 is 3.19. The Bertz CT molecular complexity index is 662. The zero-order valence-corrected chi connectivity index (χ0v) is 12.2. The Hall–Kier alpha value is -2.08. The van der Waals surface area contributed by atoms with E-state index in [0.29, 0.717) is 27.2 Å². The highest BCUT2D eigenvalue weighted by molar-refractivity contribution is 9.10. The van der Waals surface area contributed by atoms with Crippen LogP contribution in [0.1, 0.15) is 10.4 Å². The van der Waals surface area contributed by atoms with E-state index in [1.807, 2.05) is 0 Å². The first-order valence-electron chi connectivity index (χ1n) is 5.72. The van der Waals surface area contributed by atoms with E-state index in [1.54, 1.807) is 18.2 Å². The number of anilines is 2. The van der Waals surface area contributed by atoms with E-state index in [9.17, 15) is 9.18 Å². The summed E-state index contributed by atoms with van der Waals surface area (Å²) < 4.78 is 18.6. The second-order valence-corrected chi connectivity index (χ2v) is 4.86. The molecule has 3 N–H and O–H groups in total. The molecule has 2 rings (SSSR count). The minimum Gasteiger partial charge on any atom is -0.494 e. The largest absolute Gasteiger partial charge is 0.494 e. The number of ether oxygens (including phenoxy) is 1. The molecule has 0 radical (unpaired) electrons. The summed E-state index contributed by atoms with van der Waals surface area (Å²) in [5.74, 6) is -0.471. The summed E-state index contributed by atoms with van der Waals surface area (Å²) in [6.07, 6.45) is 0. The number of methoxy groups -OCH3 is 1. The van der Waals surface area contributed by atoms with Crippen LogP contribution in [0.5, 0.6) is 5.75 Å². The number of nitrogens with two attached hydrogens (primary N) is 1. The minimum atomic E-state index is -0.392. The van der Waals surface area contributed by atoms with Gasteiger partial charge in [0.05, 0.1) is 24.0 Å². The van der Waals surface area contributed by atoms with Crippen molar-refractivity contribution in [2.45, 2.75) is 0 Å². The maximum Gasteiger partial charge on any atom is 0.259 e. The third-order valence-corrected chi connectivity index (χ3v) is 3.33. The summed E-state index contributed by atoms with van der Waals surface area (Å²) in [6.45, 7) is 0. The molecule has 0 bridgehead atoms. The lowest BCUT2D eigenvalue weighted by molar-refractivity contribution is 0.102. The van der Waals surface area contributed by atoms with Crippen LogP contribution in [0.2, 0.25) is 0 Å². The van der Waals surface area contributed by atoms with Crippen molar-refractivity contribution in [3.63, 3.8) is 0 Å². The Morgan fingerprint density at radius 3 is 2.75 bits per heavy atom. The molecule has 0 saturated heterocycles. The molecular formula is C14H12BrFN2O2. The molecule has 0 aromatic heterocycles. The standard InChI is InChI=1S/C14H12BrFN2O2/c1-20-13-9(3-2-4-11(13)17)14(19)18-12-6-5-8(16)7-10(12)15/h2-7H,17H2,1H3,(H,18,19). The van der Waals surface area contributed by atoms with E-state index in [2.05, 4.69) is 21.2 Å². The molecule has 0 fully saturated rings. The maximum absolute atomic E-state index is 13.0. The summed E-state index contributed by atoms with van der Waals surface area (Å²) in [7, 11) is 1.44. The zero-order valence-electron chi connectivity index (χ0n) is 10.6. The van der Waals surface area contributed by atoms with Gasteiger partial charge in [0.15, 0.2) is 5.75 Å². The van der Waals surface area contributed by atoms with Gasteiger partial charge in [-0.15, -0.1) is 0 Å². The molecule has 0 aliphatic rings. The van der Waals surface area contributed by atoms with Crippen molar-refractivity contribution in [1.29, 1.82) is 0 Å². The first-order valence-corrected chi connectivity index (χ1v) is 6.51. The lowest BCUT2D eigenvalue weighted by atomic mass is 10.1. The van der Waals surface area contributed by atoms with Gasteiger partial charge in [0.1, 0.15) is 5.82 Å². The molecule has 0 atom stereocenters. The Morgan fingerprint density at radius 2 is 2.10 bits per heavy atom. The van der Waals surface area contributed by atoms with Gasteiger partial charge in [-0.1, -0.05) is 6.07 Å². The lowest BCUT2D eigenvalue weighted by Crippen LogP contribution is -2.14. The van der Waals surface area contributed by atoms with Crippen LogP contribution in [0.3, 0.4) is 0 Å². The van der Waals surface area contributed by atoms with Gasteiger partial charge in [-0.2, -0.15) is 0 Å². The van der Waals surface area contributed by atoms with E-state index in [1.165, 1.54) is 25.3 Å². The van der Waals surface area contributed by atoms with E-state index in [0.717, 1.165) is 0 Å². The second kappa shape index (κ2) is 5.92. The van der Waals surface area contributed by atoms with Crippen molar-refractivity contribution in [1.82, 2.24) is 0 Å². The number of nitrogens with one attached hydrogen (secondary N) is 1. The van der Waals surface area contributed by atoms with Gasteiger partial charge in [-0.25, -0.2) is 4.39 Å². The Balaban J connectivity index is 2.31. The number of carbonyl (C=O) groups is 1. The fourth-order valence-corrected chi connectivity index (χ4v) is 2.19. The van der Waals surface area contributed by atoms with E-state index >= 15 is 0 Å². The number of halogens is 2. The molecule has 0 aliphatic heterocycles. The summed E-state index contributed by atoms with van der Waals surface area (Å²) in [5, 5.41) is 2.67. The number of nitrogen functional groups attached to an aromatic ring is 1. The van der Waals surface area contributed by atoms with Crippen LogP contribution in [0.4, 0.5) is 15.8 Å². The van der Waals surface area contributed by atoms with Gasteiger partial charge in [0.2, 0.25) is 0 Å². The molecule has 2 aromatic carbocycles. The van der Waals surface area contributed by atoms with Crippen LogP contribution in [-0.4, -0.2) is 13.0 Å². The van der Waals surface area contributed by atoms with Crippen LogP contribution in [0.15, 0.2) is 40.9 Å². The van der Waals surface area contributed by atoms with E-state index < -0.39 is 5.82 Å². The molecule has 0 aliphatic carbocycles. The van der Waals surface area contributed by atoms with Crippen LogP contribution in [-0.2, 0) is 0 Å². The van der Waals surface area contributed by atoms with Crippen molar-refractivity contribution >= 4 is 33.2 Å². The molecule has 20 heavy (non-hydrogen) atoms. The fourth-order valence-electron chi connectivity index (χ4n) is 1.74. The van der Waals surface area contributed by atoms with Crippen molar-refractivity contribution < 1.29 is 13.9 Å². The predicted molar refractivity (Wildman–Crippen MR) is 79.5 cm³/mol. The molecule has 2 aromatic rings. The predicted octanol–water partition coefficient (Wildman–Crippen LogP) is 3.43. The number of rotatable bonds is 3. The van der Waals surface area contributed by atoms with Crippen molar-refractivity contribution in [2.75, 3.05) is 18.2 Å². The minimum absolute atomic E-state index is 0.309. The smallest absolute Gasteiger partial charge is 0.259 e. The molecule has 4 nitrogen and oxygen atoms in total. The van der Waals surface area contributed by atoms with Crippen LogP contribution < -0.4 is 15.8 Å². The topological polar surface area (TPSA) is 64.3 Å². The lowest BCUT2D eigenvalue weighted by Gasteiger charge is -2.12. The van der Waals surface area contributed by atoms with Gasteiger partial charge >= 0.3 is 0 Å². The highest BCUT2D eigenvalue weighted by atomic mass is 79.9. The highest BCUT2D eigenvalue weighted by Crippen LogP contribution is 2.28. The fraction of sp³-hybridized carbons (Fsp3) is 0.0714. The number of hydrogen-bond acceptors (Lipinski definition) is 3. The van der Waals surface area contributed by atoms with Gasteiger partial charge in [0, 0.05) is 4.47 Å². The molecular weight excluding hydrogens is 327 g/mol. The maximum atomic E-state index is 13.0. The molecule has 6 heteroatoms. The number of para-hydroxylation sites is 1. The Kier molecular flexibility index (Phi) is 4.24. The third-order valence-electron chi connectivity index (χ3n) is 2.67. The Labute approximate surface area is 123 Å². The number of benzene rings is 2.